The molecule has 0 saturated heterocycles. The van der Waals surface area contributed by atoms with Gasteiger partial charge in [0.25, 0.3) is 0 Å². The van der Waals surface area contributed by atoms with Gasteiger partial charge in [0.05, 0.1) is 28.9 Å². The van der Waals surface area contributed by atoms with Crippen LogP contribution in [0.1, 0.15) is 5.56 Å². The van der Waals surface area contributed by atoms with E-state index >= 15 is 0 Å². The molecule has 0 unspecified atom stereocenters. The van der Waals surface area contributed by atoms with E-state index in [9.17, 15) is 4.79 Å². The Morgan fingerprint density at radius 3 is 2.54 bits per heavy atom. The molecular formula is C22H20Cl2N2O2. The maximum atomic E-state index is 12.2. The fraction of sp³-hybridized carbons (Fsp3) is 0.136. The zero-order chi connectivity index (χ0) is 19.8. The van der Waals surface area contributed by atoms with E-state index in [1.165, 1.54) is 5.56 Å². The van der Waals surface area contributed by atoms with Crippen molar-refractivity contribution in [3.63, 3.8) is 0 Å². The second-order valence-electron chi connectivity index (χ2n) is 6.12. The lowest BCUT2D eigenvalue weighted by atomic mass is 10.2. The molecule has 144 valence electrons. The first kappa shape index (κ1) is 20.1. The molecule has 0 aliphatic carbocycles. The number of carbonyl (C=O) groups excluding carboxylic acids is 1. The van der Waals surface area contributed by atoms with Gasteiger partial charge in [0, 0.05) is 18.2 Å². The number of halogens is 2. The minimum atomic E-state index is -0.197. The van der Waals surface area contributed by atoms with E-state index in [0.29, 0.717) is 33.8 Å². The van der Waals surface area contributed by atoms with Crippen molar-refractivity contribution < 1.29 is 9.53 Å². The van der Waals surface area contributed by atoms with Gasteiger partial charge in [0.15, 0.2) is 0 Å². The van der Waals surface area contributed by atoms with E-state index < -0.39 is 0 Å². The zero-order valence-electron chi connectivity index (χ0n) is 15.1. The summed E-state index contributed by atoms with van der Waals surface area (Å²) in [5.74, 6) is 0.511. The van der Waals surface area contributed by atoms with Gasteiger partial charge in [-0.05, 0) is 29.8 Å². The highest BCUT2D eigenvalue weighted by atomic mass is 35.5. The van der Waals surface area contributed by atoms with Gasteiger partial charge >= 0.3 is 0 Å². The summed E-state index contributed by atoms with van der Waals surface area (Å²) in [7, 11) is 0. The number of rotatable bonds is 8. The Balaban J connectivity index is 1.49. The van der Waals surface area contributed by atoms with Gasteiger partial charge in [-0.2, -0.15) is 0 Å². The van der Waals surface area contributed by atoms with Gasteiger partial charge in [-0.1, -0.05) is 65.7 Å². The van der Waals surface area contributed by atoms with E-state index in [4.69, 9.17) is 27.9 Å². The maximum Gasteiger partial charge on any atom is 0.243 e. The van der Waals surface area contributed by atoms with Crippen LogP contribution in [0.2, 0.25) is 10.0 Å². The predicted molar refractivity (Wildman–Crippen MR) is 116 cm³/mol. The van der Waals surface area contributed by atoms with Gasteiger partial charge in [0.1, 0.15) is 5.75 Å². The third-order valence-corrected chi connectivity index (χ3v) is 4.83. The molecule has 0 saturated carbocycles. The number of anilines is 2. The van der Waals surface area contributed by atoms with E-state index in [2.05, 4.69) is 22.8 Å². The highest BCUT2D eigenvalue weighted by Crippen LogP contribution is 2.29. The van der Waals surface area contributed by atoms with Gasteiger partial charge in [0.2, 0.25) is 5.91 Å². The molecule has 3 aromatic rings. The molecule has 3 rings (SSSR count). The van der Waals surface area contributed by atoms with Crippen LogP contribution < -0.4 is 15.4 Å². The zero-order valence-corrected chi connectivity index (χ0v) is 16.6. The standard InChI is InChI=1S/C22H20Cl2N2O2/c23-19-10-5-11-20(22(19)24)25-15-21(27)26-17-8-4-9-18(14-17)28-13-12-16-6-2-1-3-7-16/h1-11,14,25H,12-13,15H2,(H,26,27). The van der Waals surface area contributed by atoms with E-state index in [1.54, 1.807) is 24.3 Å². The highest BCUT2D eigenvalue weighted by molar-refractivity contribution is 6.43. The third kappa shape index (κ3) is 5.91. The van der Waals surface area contributed by atoms with Crippen LogP contribution >= 0.6 is 23.2 Å². The summed E-state index contributed by atoms with van der Waals surface area (Å²) in [5.41, 5.74) is 2.50. The molecule has 1 amide bonds. The van der Waals surface area contributed by atoms with Crippen LogP contribution in [0.25, 0.3) is 0 Å². The number of hydrogen-bond donors (Lipinski definition) is 2. The highest BCUT2D eigenvalue weighted by Gasteiger charge is 2.07. The topological polar surface area (TPSA) is 50.4 Å². The van der Waals surface area contributed by atoms with Crippen molar-refractivity contribution >= 4 is 40.5 Å². The lowest BCUT2D eigenvalue weighted by Gasteiger charge is -2.11. The first-order chi connectivity index (χ1) is 13.6. The number of ether oxygens (including phenoxy) is 1. The van der Waals surface area contributed by atoms with Gasteiger partial charge in [-0.3, -0.25) is 4.79 Å². The number of amides is 1. The van der Waals surface area contributed by atoms with Crippen molar-refractivity contribution in [2.24, 2.45) is 0 Å². The molecule has 0 radical (unpaired) electrons. The second-order valence-corrected chi connectivity index (χ2v) is 6.90. The first-order valence-electron chi connectivity index (χ1n) is 8.86. The Hall–Kier alpha value is -2.69. The van der Waals surface area contributed by atoms with Crippen LogP contribution in [0.5, 0.6) is 5.75 Å². The monoisotopic (exact) mass is 414 g/mol. The van der Waals surface area contributed by atoms with E-state index in [0.717, 1.165) is 6.42 Å². The van der Waals surface area contributed by atoms with Gasteiger partial charge < -0.3 is 15.4 Å². The molecule has 28 heavy (non-hydrogen) atoms. The SMILES string of the molecule is O=C(CNc1cccc(Cl)c1Cl)Nc1cccc(OCCc2ccccc2)c1. The number of carbonyl (C=O) groups is 1. The molecule has 0 spiro atoms. The summed E-state index contributed by atoms with van der Waals surface area (Å²) in [6.07, 6.45) is 0.821. The fourth-order valence-electron chi connectivity index (χ4n) is 2.62. The second kappa shape index (κ2) is 10.0. The molecule has 0 heterocycles. The maximum absolute atomic E-state index is 12.2. The Morgan fingerprint density at radius 1 is 0.929 bits per heavy atom. The summed E-state index contributed by atoms with van der Waals surface area (Å²) in [5, 5.41) is 6.65. The van der Waals surface area contributed by atoms with Crippen LogP contribution in [0.3, 0.4) is 0 Å². The summed E-state index contributed by atoms with van der Waals surface area (Å²) < 4.78 is 5.79. The van der Waals surface area contributed by atoms with Crippen LogP contribution in [0.4, 0.5) is 11.4 Å². The van der Waals surface area contributed by atoms with Crippen molar-refractivity contribution in [2.45, 2.75) is 6.42 Å². The summed E-state index contributed by atoms with van der Waals surface area (Å²) >= 11 is 12.1. The van der Waals surface area contributed by atoms with E-state index in [-0.39, 0.29) is 12.5 Å². The fourth-order valence-corrected chi connectivity index (χ4v) is 2.98. The van der Waals surface area contributed by atoms with Crippen LogP contribution in [0, 0.1) is 0 Å². The molecular weight excluding hydrogens is 395 g/mol. The van der Waals surface area contributed by atoms with Crippen molar-refractivity contribution in [1.29, 1.82) is 0 Å². The van der Waals surface area contributed by atoms with Crippen LogP contribution in [-0.4, -0.2) is 19.1 Å². The number of benzene rings is 3. The molecule has 0 fully saturated rings. The molecule has 0 bridgehead atoms. The molecule has 0 aliphatic rings. The number of hydrogen-bond acceptors (Lipinski definition) is 3. The Morgan fingerprint density at radius 2 is 1.71 bits per heavy atom. The van der Waals surface area contributed by atoms with Crippen molar-refractivity contribution in [3.05, 3.63) is 88.4 Å². The van der Waals surface area contributed by atoms with Crippen LogP contribution in [0.15, 0.2) is 72.8 Å². The minimum Gasteiger partial charge on any atom is -0.493 e. The lowest BCUT2D eigenvalue weighted by Crippen LogP contribution is -2.21. The number of nitrogens with one attached hydrogen (secondary N) is 2. The average Bonchev–Trinajstić information content (AvgIpc) is 2.70. The normalized spacial score (nSPS) is 10.4. The Kier molecular flexibility index (Phi) is 7.18. The molecule has 0 aromatic heterocycles. The van der Waals surface area contributed by atoms with Crippen molar-refractivity contribution in [3.8, 4) is 5.75 Å². The van der Waals surface area contributed by atoms with Crippen LogP contribution in [-0.2, 0) is 11.2 Å². The molecule has 0 aliphatic heterocycles. The molecule has 0 atom stereocenters. The first-order valence-corrected chi connectivity index (χ1v) is 9.62. The summed E-state index contributed by atoms with van der Waals surface area (Å²) in [6, 6.07) is 22.7. The summed E-state index contributed by atoms with van der Waals surface area (Å²) in [6.45, 7) is 0.634. The van der Waals surface area contributed by atoms with Crippen molar-refractivity contribution in [2.75, 3.05) is 23.8 Å². The van der Waals surface area contributed by atoms with Crippen molar-refractivity contribution in [1.82, 2.24) is 0 Å². The summed E-state index contributed by atoms with van der Waals surface area (Å²) in [4.78, 5) is 12.2. The third-order valence-electron chi connectivity index (χ3n) is 4.01. The van der Waals surface area contributed by atoms with E-state index in [1.807, 2.05) is 36.4 Å². The Bertz CT molecular complexity index is 933. The predicted octanol–water partition coefficient (Wildman–Crippen LogP) is 5.67. The van der Waals surface area contributed by atoms with Gasteiger partial charge in [-0.15, -0.1) is 0 Å². The van der Waals surface area contributed by atoms with Gasteiger partial charge in [-0.25, -0.2) is 0 Å². The quantitative estimate of drug-likeness (QED) is 0.499. The molecule has 3 aromatic carbocycles. The largest absolute Gasteiger partial charge is 0.493 e. The average molecular weight is 415 g/mol. The molecule has 6 heteroatoms. The smallest absolute Gasteiger partial charge is 0.243 e. The molecule has 4 nitrogen and oxygen atoms in total. The minimum absolute atomic E-state index is 0.0686. The molecule has 2 N–H and O–H groups in total. The lowest BCUT2D eigenvalue weighted by molar-refractivity contribution is -0.114. The Labute approximate surface area is 174 Å².